The number of unbranched alkanes of at least 4 members (excludes halogenated alkanes) is 18. The van der Waals surface area contributed by atoms with Gasteiger partial charge in [0.1, 0.15) is 6.61 Å². The minimum Gasteiger partial charge on any atom is -0.462 e. The van der Waals surface area contributed by atoms with Crippen molar-refractivity contribution in [1.29, 1.82) is 0 Å². The van der Waals surface area contributed by atoms with Crippen LogP contribution in [0.4, 0.5) is 0 Å². The van der Waals surface area contributed by atoms with Gasteiger partial charge in [0, 0.05) is 19.4 Å². The SMILES string of the molecule is CC/C=C\C/C=C\C/C=C\C/C=C\C/C=C\C/C=C\C/C=C\C/C=C\C/C=C\C/C=C\CCCCCCCCCCCCC(=O)OC(COC(=O)CCCCCCC/C=C\CCCCC)COP(=O)(O)OCCN. The van der Waals surface area contributed by atoms with E-state index in [-0.39, 0.29) is 32.6 Å². The number of allylic oxidation sites excluding steroid dienone is 22. The number of phosphoric acid groups is 1. The molecule has 0 spiro atoms. The van der Waals surface area contributed by atoms with Crippen LogP contribution in [-0.2, 0) is 32.7 Å². The molecule has 0 aromatic heterocycles. The zero-order chi connectivity index (χ0) is 53.8. The van der Waals surface area contributed by atoms with Crippen molar-refractivity contribution in [2.75, 3.05) is 26.4 Å². The zero-order valence-corrected chi connectivity index (χ0v) is 47.7. The number of esters is 2. The monoisotopic (exact) mass is 1050 g/mol. The van der Waals surface area contributed by atoms with E-state index in [1.165, 1.54) is 57.8 Å². The molecule has 0 aromatic carbocycles. The summed E-state index contributed by atoms with van der Waals surface area (Å²) in [5, 5.41) is 0. The third-order valence-corrected chi connectivity index (χ3v) is 12.8. The topological polar surface area (TPSA) is 134 Å². The first-order valence-corrected chi connectivity index (χ1v) is 30.7. The van der Waals surface area contributed by atoms with Gasteiger partial charge in [0.2, 0.25) is 0 Å². The maximum absolute atomic E-state index is 12.7. The van der Waals surface area contributed by atoms with Gasteiger partial charge in [-0.1, -0.05) is 231 Å². The molecule has 0 heterocycles. The number of carbonyl (C=O) groups is 2. The summed E-state index contributed by atoms with van der Waals surface area (Å²) in [4.78, 5) is 35.0. The summed E-state index contributed by atoms with van der Waals surface area (Å²) in [6.07, 6.45) is 82.3. The van der Waals surface area contributed by atoms with E-state index in [0.717, 1.165) is 135 Å². The molecule has 0 radical (unpaired) electrons. The molecule has 0 saturated heterocycles. The first-order valence-electron chi connectivity index (χ1n) is 29.2. The van der Waals surface area contributed by atoms with Crippen molar-refractivity contribution >= 4 is 19.8 Å². The lowest BCUT2D eigenvalue weighted by Gasteiger charge is -2.19. The van der Waals surface area contributed by atoms with Gasteiger partial charge in [-0.3, -0.25) is 18.6 Å². The molecular weight excluding hydrogens is 942 g/mol. The second-order valence-corrected chi connectivity index (χ2v) is 20.2. The van der Waals surface area contributed by atoms with Crippen molar-refractivity contribution < 1.29 is 37.6 Å². The summed E-state index contributed by atoms with van der Waals surface area (Å²) in [6, 6.07) is 0. The predicted octanol–water partition coefficient (Wildman–Crippen LogP) is 18.6. The molecule has 0 fully saturated rings. The van der Waals surface area contributed by atoms with Crippen molar-refractivity contribution in [1.82, 2.24) is 0 Å². The summed E-state index contributed by atoms with van der Waals surface area (Å²) in [6.45, 7) is 3.57. The molecule has 10 heteroatoms. The molecule has 2 unspecified atom stereocenters. The van der Waals surface area contributed by atoms with Gasteiger partial charge in [0.15, 0.2) is 6.10 Å². The molecule has 0 aliphatic carbocycles. The standard InChI is InChI=1S/C64H106NO8P/c1-3-5-7-9-11-13-15-17-18-19-20-21-22-23-24-25-26-27-28-29-30-31-32-33-34-35-36-37-38-39-40-41-42-43-44-45-47-49-51-53-55-57-64(67)73-62(61-72-74(68,69)71-59-58-65)60-70-63(66)56-54-52-50-48-46-16-14-12-10-8-6-4-2/h5,7,11-14,17-18,20-21,23-24,26-27,29-30,32-33,35-36,38-39,62H,3-4,6,8-10,15-16,19,22,25,28,31,34,37,40-61,65H2,1-2H3,(H,68,69)/b7-5-,13-11-,14-12-,18-17-,21-20-,24-23-,27-26-,30-29-,33-32-,36-35-,39-38-. The Morgan fingerprint density at radius 2 is 0.743 bits per heavy atom. The Kier molecular flexibility index (Phi) is 55.4. The number of carbonyl (C=O) groups excluding carboxylic acids is 2. The largest absolute Gasteiger partial charge is 0.472 e. The summed E-state index contributed by atoms with van der Waals surface area (Å²) in [5.41, 5.74) is 5.37. The number of phosphoric ester groups is 1. The van der Waals surface area contributed by atoms with Gasteiger partial charge in [0.25, 0.3) is 0 Å². The van der Waals surface area contributed by atoms with E-state index >= 15 is 0 Å². The molecule has 0 saturated carbocycles. The lowest BCUT2D eigenvalue weighted by molar-refractivity contribution is -0.161. The highest BCUT2D eigenvalue weighted by atomic mass is 31.2. The normalized spacial score (nSPS) is 14.1. The van der Waals surface area contributed by atoms with Crippen LogP contribution in [0.2, 0.25) is 0 Å². The molecule has 0 rings (SSSR count). The van der Waals surface area contributed by atoms with E-state index in [4.69, 9.17) is 24.3 Å². The number of hydrogen-bond donors (Lipinski definition) is 2. The Bertz CT molecular complexity index is 1670. The predicted molar refractivity (Wildman–Crippen MR) is 316 cm³/mol. The highest BCUT2D eigenvalue weighted by Gasteiger charge is 2.26. The van der Waals surface area contributed by atoms with E-state index < -0.39 is 32.5 Å². The van der Waals surface area contributed by atoms with Gasteiger partial charge in [-0.15, -0.1) is 0 Å². The number of nitrogens with two attached hydrogens (primary N) is 1. The van der Waals surface area contributed by atoms with Crippen LogP contribution >= 0.6 is 7.82 Å². The molecule has 0 aliphatic rings. The third kappa shape index (κ3) is 57.4. The van der Waals surface area contributed by atoms with Crippen LogP contribution in [0, 0.1) is 0 Å². The first kappa shape index (κ1) is 70.1. The van der Waals surface area contributed by atoms with Crippen molar-refractivity contribution in [3.8, 4) is 0 Å². The molecule has 2 atom stereocenters. The van der Waals surface area contributed by atoms with Crippen LogP contribution < -0.4 is 5.73 Å². The first-order chi connectivity index (χ1) is 36.3. The minimum absolute atomic E-state index is 0.0462. The van der Waals surface area contributed by atoms with Crippen molar-refractivity contribution in [2.24, 2.45) is 5.73 Å². The van der Waals surface area contributed by atoms with E-state index in [9.17, 15) is 19.0 Å². The van der Waals surface area contributed by atoms with Gasteiger partial charge < -0.3 is 20.1 Å². The summed E-state index contributed by atoms with van der Waals surface area (Å²) in [5.74, 6) is -0.851. The lowest BCUT2D eigenvalue weighted by atomic mass is 10.0. The number of hydrogen-bond acceptors (Lipinski definition) is 8. The van der Waals surface area contributed by atoms with Gasteiger partial charge in [-0.25, -0.2) is 4.57 Å². The number of rotatable bonds is 53. The minimum atomic E-state index is -4.39. The molecule has 0 amide bonds. The van der Waals surface area contributed by atoms with Crippen LogP contribution in [0.5, 0.6) is 0 Å². The number of ether oxygens (including phenoxy) is 2. The maximum Gasteiger partial charge on any atom is 0.472 e. The average molecular weight is 1050 g/mol. The summed E-state index contributed by atoms with van der Waals surface area (Å²) < 4.78 is 32.9. The Balaban J connectivity index is 3.94. The Morgan fingerprint density at radius 1 is 0.419 bits per heavy atom. The Morgan fingerprint density at radius 3 is 1.12 bits per heavy atom. The fourth-order valence-corrected chi connectivity index (χ4v) is 8.25. The van der Waals surface area contributed by atoms with Gasteiger partial charge in [0.05, 0.1) is 13.2 Å². The van der Waals surface area contributed by atoms with Crippen molar-refractivity contribution in [3.63, 3.8) is 0 Å². The average Bonchev–Trinajstić information content (AvgIpc) is 3.39. The van der Waals surface area contributed by atoms with Crippen LogP contribution in [-0.4, -0.2) is 49.3 Å². The fraction of sp³-hybridized carbons (Fsp3) is 0.625. The van der Waals surface area contributed by atoms with Gasteiger partial charge in [-0.2, -0.15) is 0 Å². The van der Waals surface area contributed by atoms with Gasteiger partial charge >= 0.3 is 19.8 Å². The van der Waals surface area contributed by atoms with Crippen LogP contribution in [0.1, 0.15) is 226 Å². The molecule has 0 bridgehead atoms. The van der Waals surface area contributed by atoms with E-state index in [2.05, 4.69) is 148 Å². The van der Waals surface area contributed by atoms with Crippen molar-refractivity contribution in [2.45, 2.75) is 232 Å². The smallest absolute Gasteiger partial charge is 0.462 e. The van der Waals surface area contributed by atoms with E-state index in [1.807, 2.05) is 0 Å². The summed E-state index contributed by atoms with van der Waals surface area (Å²) >= 11 is 0. The Labute approximate surface area is 453 Å². The van der Waals surface area contributed by atoms with Gasteiger partial charge in [-0.05, 0) is 116 Å². The van der Waals surface area contributed by atoms with Crippen LogP contribution in [0.25, 0.3) is 0 Å². The van der Waals surface area contributed by atoms with E-state index in [1.54, 1.807) is 0 Å². The van der Waals surface area contributed by atoms with Crippen LogP contribution in [0.3, 0.4) is 0 Å². The van der Waals surface area contributed by atoms with E-state index in [0.29, 0.717) is 6.42 Å². The second-order valence-electron chi connectivity index (χ2n) is 18.8. The third-order valence-electron chi connectivity index (χ3n) is 11.8. The molecular formula is C64H106NO8P. The fourth-order valence-electron chi connectivity index (χ4n) is 7.48. The summed E-state index contributed by atoms with van der Waals surface area (Å²) in [7, 11) is -4.39. The van der Waals surface area contributed by atoms with Crippen molar-refractivity contribution in [3.05, 3.63) is 134 Å². The molecule has 420 valence electrons. The molecule has 74 heavy (non-hydrogen) atoms. The lowest BCUT2D eigenvalue weighted by Crippen LogP contribution is -2.29. The molecule has 9 nitrogen and oxygen atoms in total. The molecule has 3 N–H and O–H groups in total. The molecule has 0 aromatic rings. The second kappa shape index (κ2) is 58.4. The highest BCUT2D eigenvalue weighted by Crippen LogP contribution is 2.43. The zero-order valence-electron chi connectivity index (χ0n) is 46.8. The molecule has 0 aliphatic heterocycles. The maximum atomic E-state index is 12.7. The van der Waals surface area contributed by atoms with Crippen LogP contribution in [0.15, 0.2) is 134 Å². The highest BCUT2D eigenvalue weighted by molar-refractivity contribution is 7.47. The quantitative estimate of drug-likeness (QED) is 0.0264. The Hall–Kier alpha value is -3.85.